The third-order valence-electron chi connectivity index (χ3n) is 4.26. The number of amides is 2. The van der Waals surface area contributed by atoms with Crippen molar-refractivity contribution in [2.75, 3.05) is 0 Å². The average Bonchev–Trinajstić information content (AvgIpc) is 2.67. The van der Waals surface area contributed by atoms with Crippen LogP contribution >= 0.6 is 11.6 Å². The van der Waals surface area contributed by atoms with Crippen molar-refractivity contribution in [3.63, 3.8) is 0 Å². The van der Waals surface area contributed by atoms with Crippen molar-refractivity contribution in [2.45, 2.75) is 46.8 Å². The Hall–Kier alpha value is -2.86. The Kier molecular flexibility index (Phi) is 8.42. The molecule has 2 aromatic rings. The normalized spacial score (nSPS) is 12.3. The van der Waals surface area contributed by atoms with E-state index >= 15 is 0 Å². The molecule has 0 heterocycles. The Morgan fingerprint density at radius 2 is 1.73 bits per heavy atom. The summed E-state index contributed by atoms with van der Waals surface area (Å²) in [4.78, 5) is 25.1. The fraction of sp³-hybridized carbons (Fsp3) is 0.348. The topological polar surface area (TPSA) is 79.8 Å². The van der Waals surface area contributed by atoms with Gasteiger partial charge in [-0.3, -0.25) is 9.59 Å². The third kappa shape index (κ3) is 6.88. The van der Waals surface area contributed by atoms with Crippen LogP contribution in [0, 0.1) is 12.8 Å². The molecular formula is C23H28ClN3O3. The highest BCUT2D eigenvalue weighted by Gasteiger charge is 2.24. The van der Waals surface area contributed by atoms with Crippen LogP contribution in [0.3, 0.4) is 0 Å². The van der Waals surface area contributed by atoms with Crippen LogP contribution in [0.4, 0.5) is 0 Å². The van der Waals surface area contributed by atoms with Crippen LogP contribution in [0.5, 0.6) is 5.75 Å². The summed E-state index contributed by atoms with van der Waals surface area (Å²) in [5.74, 6) is -0.230. The van der Waals surface area contributed by atoms with Crippen molar-refractivity contribution in [2.24, 2.45) is 11.0 Å². The number of hydrogen-bond donors (Lipinski definition) is 2. The lowest BCUT2D eigenvalue weighted by Crippen LogP contribution is -2.48. The second-order valence-corrected chi connectivity index (χ2v) is 8.08. The molecule has 0 aromatic heterocycles. The van der Waals surface area contributed by atoms with Crippen molar-refractivity contribution in [1.82, 2.24) is 10.7 Å². The zero-order chi connectivity index (χ0) is 22.3. The van der Waals surface area contributed by atoms with Gasteiger partial charge in [0.15, 0.2) is 0 Å². The Bertz CT molecular complexity index is 908. The highest BCUT2D eigenvalue weighted by molar-refractivity contribution is 6.30. The summed E-state index contributed by atoms with van der Waals surface area (Å²) >= 11 is 6.06. The molecule has 0 aliphatic heterocycles. The molecule has 1 atom stereocenters. The van der Waals surface area contributed by atoms with E-state index in [1.54, 1.807) is 30.3 Å². The maximum Gasteiger partial charge on any atom is 0.262 e. The zero-order valence-corrected chi connectivity index (χ0v) is 18.7. The smallest absolute Gasteiger partial charge is 0.262 e. The zero-order valence-electron chi connectivity index (χ0n) is 17.9. The molecule has 7 heteroatoms. The predicted molar refractivity (Wildman–Crippen MR) is 120 cm³/mol. The average molecular weight is 430 g/mol. The lowest BCUT2D eigenvalue weighted by atomic mass is 10.0. The van der Waals surface area contributed by atoms with Crippen molar-refractivity contribution in [3.05, 3.63) is 64.2 Å². The van der Waals surface area contributed by atoms with Crippen LogP contribution < -0.4 is 15.5 Å². The number of hydrazone groups is 1. The molecular weight excluding hydrogens is 402 g/mol. The molecule has 160 valence electrons. The van der Waals surface area contributed by atoms with Crippen molar-refractivity contribution in [1.29, 1.82) is 0 Å². The van der Waals surface area contributed by atoms with Crippen LogP contribution in [0.15, 0.2) is 47.6 Å². The maximum absolute atomic E-state index is 12.6. The van der Waals surface area contributed by atoms with E-state index in [0.29, 0.717) is 21.9 Å². The first-order chi connectivity index (χ1) is 14.2. The van der Waals surface area contributed by atoms with Gasteiger partial charge in [-0.05, 0) is 57.0 Å². The monoisotopic (exact) mass is 429 g/mol. The van der Waals surface area contributed by atoms with E-state index in [9.17, 15) is 9.59 Å². The van der Waals surface area contributed by atoms with Gasteiger partial charge in [0, 0.05) is 16.1 Å². The Morgan fingerprint density at radius 3 is 2.33 bits per heavy atom. The molecule has 0 aliphatic rings. The highest BCUT2D eigenvalue weighted by atomic mass is 35.5. The minimum absolute atomic E-state index is 0.0183. The summed E-state index contributed by atoms with van der Waals surface area (Å²) in [6.07, 6.45) is 1.45. The predicted octanol–water partition coefficient (Wildman–Crippen LogP) is 4.34. The first-order valence-electron chi connectivity index (χ1n) is 9.84. The Labute approximate surface area is 182 Å². The van der Waals surface area contributed by atoms with Gasteiger partial charge in [0.05, 0.1) is 12.3 Å². The van der Waals surface area contributed by atoms with E-state index < -0.39 is 11.9 Å². The van der Waals surface area contributed by atoms with Gasteiger partial charge < -0.3 is 10.1 Å². The first-order valence-corrected chi connectivity index (χ1v) is 10.2. The molecule has 0 fully saturated rings. The Morgan fingerprint density at radius 1 is 1.07 bits per heavy atom. The SMILES string of the molecule is Cc1ccc(C(=O)NC(C(=O)NN=Cc2cc(Cl)ccc2OC(C)C)C(C)C)cc1. The number of hydrogen-bond acceptors (Lipinski definition) is 4. The lowest BCUT2D eigenvalue weighted by Gasteiger charge is -2.20. The number of rotatable bonds is 8. The highest BCUT2D eigenvalue weighted by Crippen LogP contribution is 2.22. The molecule has 0 bridgehead atoms. The van der Waals surface area contributed by atoms with Gasteiger partial charge in [-0.15, -0.1) is 0 Å². The first kappa shape index (κ1) is 23.4. The number of benzene rings is 2. The fourth-order valence-corrected chi connectivity index (χ4v) is 2.86. The van der Waals surface area contributed by atoms with E-state index in [4.69, 9.17) is 16.3 Å². The summed E-state index contributed by atoms with van der Waals surface area (Å²) in [6, 6.07) is 11.6. The van der Waals surface area contributed by atoms with Crippen molar-refractivity contribution >= 4 is 29.6 Å². The van der Waals surface area contributed by atoms with E-state index in [1.165, 1.54) is 6.21 Å². The summed E-state index contributed by atoms with van der Waals surface area (Å²) in [7, 11) is 0. The molecule has 2 aromatic carbocycles. The second-order valence-electron chi connectivity index (χ2n) is 7.64. The molecule has 2 N–H and O–H groups in total. The molecule has 2 amide bonds. The number of halogens is 1. The van der Waals surface area contributed by atoms with Crippen LogP contribution in [0.2, 0.25) is 5.02 Å². The van der Waals surface area contributed by atoms with Crippen LogP contribution in [-0.2, 0) is 4.79 Å². The Balaban J connectivity index is 2.07. The molecule has 30 heavy (non-hydrogen) atoms. The van der Waals surface area contributed by atoms with Gasteiger partial charge in [0.25, 0.3) is 11.8 Å². The summed E-state index contributed by atoms with van der Waals surface area (Å²) in [6.45, 7) is 9.49. The quantitative estimate of drug-likeness (QED) is 0.483. The standard InChI is InChI=1S/C23H28ClN3O3/c1-14(2)21(26-22(28)17-8-6-16(5)7-9-17)23(29)27-25-13-18-12-19(24)10-11-20(18)30-15(3)4/h6-15,21H,1-5H3,(H,26,28)(H,27,29). The van der Waals surface area contributed by atoms with Gasteiger partial charge in [-0.25, -0.2) is 5.43 Å². The number of carbonyl (C=O) groups excluding carboxylic acids is 2. The van der Waals surface area contributed by atoms with Gasteiger partial charge in [-0.2, -0.15) is 5.10 Å². The van der Waals surface area contributed by atoms with Crippen molar-refractivity contribution < 1.29 is 14.3 Å². The van der Waals surface area contributed by atoms with Crippen LogP contribution in [-0.4, -0.2) is 30.2 Å². The van der Waals surface area contributed by atoms with E-state index in [-0.39, 0.29) is 17.9 Å². The van der Waals surface area contributed by atoms with E-state index in [0.717, 1.165) is 5.56 Å². The number of aryl methyl sites for hydroxylation is 1. The lowest BCUT2D eigenvalue weighted by molar-refractivity contribution is -0.123. The van der Waals surface area contributed by atoms with E-state index in [1.807, 2.05) is 46.8 Å². The summed E-state index contributed by atoms with van der Waals surface area (Å²) in [5, 5.41) is 7.34. The van der Waals surface area contributed by atoms with E-state index in [2.05, 4.69) is 15.8 Å². The van der Waals surface area contributed by atoms with Gasteiger partial charge >= 0.3 is 0 Å². The second kappa shape index (κ2) is 10.8. The molecule has 2 rings (SSSR count). The third-order valence-corrected chi connectivity index (χ3v) is 4.50. The van der Waals surface area contributed by atoms with Crippen molar-refractivity contribution in [3.8, 4) is 5.75 Å². The summed E-state index contributed by atoms with van der Waals surface area (Å²) in [5.41, 5.74) is 4.69. The number of carbonyl (C=O) groups is 2. The molecule has 6 nitrogen and oxygen atoms in total. The molecule has 0 aliphatic carbocycles. The number of nitrogens with one attached hydrogen (secondary N) is 2. The fourth-order valence-electron chi connectivity index (χ4n) is 2.68. The molecule has 0 saturated carbocycles. The number of nitrogens with zero attached hydrogens (tertiary/aromatic N) is 1. The molecule has 0 spiro atoms. The summed E-state index contributed by atoms with van der Waals surface area (Å²) < 4.78 is 5.73. The van der Waals surface area contributed by atoms with Crippen LogP contribution in [0.25, 0.3) is 0 Å². The number of ether oxygens (including phenoxy) is 1. The van der Waals surface area contributed by atoms with Gasteiger partial charge in [0.1, 0.15) is 11.8 Å². The maximum atomic E-state index is 12.6. The van der Waals surface area contributed by atoms with Crippen LogP contribution in [0.1, 0.15) is 49.2 Å². The minimum Gasteiger partial charge on any atom is -0.490 e. The largest absolute Gasteiger partial charge is 0.490 e. The minimum atomic E-state index is -0.735. The van der Waals surface area contributed by atoms with Gasteiger partial charge in [0.2, 0.25) is 0 Å². The molecule has 0 radical (unpaired) electrons. The molecule has 0 saturated heterocycles. The molecule has 1 unspecified atom stereocenters. The van der Waals surface area contributed by atoms with Gasteiger partial charge in [-0.1, -0.05) is 43.1 Å².